The summed E-state index contributed by atoms with van der Waals surface area (Å²) in [6, 6.07) is 0. The normalized spacial score (nSPS) is 57.8. The Hall–Kier alpha value is -0.380. The minimum absolute atomic E-state index is 0.0389. The first-order valence-electron chi connectivity index (χ1n) is 14.0. The van der Waals surface area contributed by atoms with Gasteiger partial charge in [-0.15, -0.1) is 0 Å². The quantitative estimate of drug-likeness (QED) is 0.424. The molecule has 5 aliphatic carbocycles. The lowest BCUT2D eigenvalue weighted by atomic mass is 9.33. The van der Waals surface area contributed by atoms with Crippen LogP contribution in [0.1, 0.15) is 99.8 Å². The monoisotopic (exact) mass is 458 g/mol. The van der Waals surface area contributed by atoms with Crippen molar-refractivity contribution in [3.8, 4) is 0 Å². The molecular formula is C30H50O3. The van der Waals surface area contributed by atoms with Crippen molar-refractivity contribution in [3.63, 3.8) is 0 Å². The van der Waals surface area contributed by atoms with Gasteiger partial charge in [0.2, 0.25) is 0 Å². The average Bonchev–Trinajstić information content (AvgIpc) is 2.75. The van der Waals surface area contributed by atoms with Crippen molar-refractivity contribution in [2.75, 3.05) is 6.61 Å². The smallest absolute Gasteiger partial charge is 0.0852 e. The Labute approximate surface area is 202 Å². The van der Waals surface area contributed by atoms with E-state index in [0.29, 0.717) is 36.2 Å². The highest BCUT2D eigenvalue weighted by Gasteiger charge is 2.69. The van der Waals surface area contributed by atoms with Crippen LogP contribution >= 0.6 is 0 Å². The van der Waals surface area contributed by atoms with Gasteiger partial charge in [0, 0.05) is 12.0 Å². The Kier molecular flexibility index (Phi) is 5.40. The van der Waals surface area contributed by atoms with Gasteiger partial charge in [-0.05, 0) is 103 Å². The predicted octanol–water partition coefficient (Wildman–Crippen LogP) is 5.97. The molecule has 0 radical (unpaired) electrons. The van der Waals surface area contributed by atoms with Crippen LogP contribution in [-0.2, 0) is 0 Å². The van der Waals surface area contributed by atoms with E-state index >= 15 is 0 Å². The van der Waals surface area contributed by atoms with E-state index in [4.69, 9.17) is 0 Å². The minimum Gasteiger partial charge on any atom is -0.396 e. The van der Waals surface area contributed by atoms with E-state index in [-0.39, 0.29) is 27.1 Å². The summed E-state index contributed by atoms with van der Waals surface area (Å²) in [4.78, 5) is 0. The maximum atomic E-state index is 11.0. The van der Waals surface area contributed by atoms with Gasteiger partial charge in [-0.25, -0.2) is 0 Å². The molecule has 11 atom stereocenters. The Bertz CT molecular complexity index is 832. The number of rotatable bonds is 1. The van der Waals surface area contributed by atoms with Crippen LogP contribution in [0.4, 0.5) is 0 Å². The van der Waals surface area contributed by atoms with Crippen LogP contribution in [0.25, 0.3) is 0 Å². The number of hydrogen-bond donors (Lipinski definition) is 3. The van der Waals surface area contributed by atoms with Gasteiger partial charge in [-0.2, -0.15) is 0 Å². The van der Waals surface area contributed by atoms with Crippen molar-refractivity contribution in [1.29, 1.82) is 0 Å². The summed E-state index contributed by atoms with van der Waals surface area (Å²) in [5.74, 6) is 2.80. The molecule has 1 unspecified atom stereocenters. The third-order valence-electron chi connectivity index (χ3n) is 13.4. The maximum Gasteiger partial charge on any atom is 0.0852 e. The largest absolute Gasteiger partial charge is 0.396 e. The topological polar surface area (TPSA) is 60.7 Å². The SMILES string of the molecule is C[C@H]1[C@H](C)CC[C@]2(CO)CC[C@]3(C)C(=CC[C@@H]4[C@@]5(C)C[C@@H](O)[C@H](O)C(C)(C)C5CC[C@]43C)[C@H]12. The fourth-order valence-corrected chi connectivity index (χ4v) is 11.0. The first-order valence-corrected chi connectivity index (χ1v) is 14.0. The highest BCUT2D eigenvalue weighted by atomic mass is 16.3. The summed E-state index contributed by atoms with van der Waals surface area (Å²) in [5.41, 5.74) is 1.89. The summed E-state index contributed by atoms with van der Waals surface area (Å²) >= 11 is 0. The molecule has 5 aliphatic rings. The lowest BCUT2D eigenvalue weighted by Gasteiger charge is -2.72. The number of allylic oxidation sites excluding steroid dienone is 2. The fourth-order valence-electron chi connectivity index (χ4n) is 11.0. The molecule has 0 aromatic heterocycles. The molecule has 33 heavy (non-hydrogen) atoms. The average molecular weight is 459 g/mol. The number of hydrogen-bond acceptors (Lipinski definition) is 3. The molecular weight excluding hydrogens is 408 g/mol. The van der Waals surface area contributed by atoms with Crippen LogP contribution in [0.5, 0.6) is 0 Å². The molecule has 4 saturated carbocycles. The molecule has 3 N–H and O–H groups in total. The van der Waals surface area contributed by atoms with Crippen LogP contribution < -0.4 is 0 Å². The maximum absolute atomic E-state index is 11.0. The van der Waals surface area contributed by atoms with Gasteiger partial charge in [0.05, 0.1) is 12.2 Å². The molecule has 3 heteroatoms. The highest BCUT2D eigenvalue weighted by Crippen LogP contribution is 2.75. The van der Waals surface area contributed by atoms with Gasteiger partial charge in [0.25, 0.3) is 0 Å². The van der Waals surface area contributed by atoms with Gasteiger partial charge in [-0.3, -0.25) is 0 Å². The second-order valence-corrected chi connectivity index (χ2v) is 14.7. The molecule has 0 aliphatic heterocycles. The zero-order chi connectivity index (χ0) is 24.2. The molecule has 0 heterocycles. The van der Waals surface area contributed by atoms with Crippen LogP contribution in [0.3, 0.4) is 0 Å². The van der Waals surface area contributed by atoms with Crippen LogP contribution in [0, 0.1) is 56.7 Å². The number of fused-ring (bicyclic) bond motifs is 7. The first kappa shape index (κ1) is 24.3. The summed E-state index contributed by atoms with van der Waals surface area (Å²) in [7, 11) is 0. The Morgan fingerprint density at radius 2 is 1.61 bits per heavy atom. The molecule has 0 saturated heterocycles. The van der Waals surface area contributed by atoms with Crippen molar-refractivity contribution in [2.45, 2.75) is 112 Å². The van der Waals surface area contributed by atoms with Crippen molar-refractivity contribution in [3.05, 3.63) is 11.6 Å². The summed E-state index contributed by atoms with van der Waals surface area (Å²) in [6.45, 7) is 17.2. The van der Waals surface area contributed by atoms with E-state index in [1.807, 2.05) is 0 Å². The van der Waals surface area contributed by atoms with E-state index < -0.39 is 12.2 Å². The zero-order valence-electron chi connectivity index (χ0n) is 22.3. The van der Waals surface area contributed by atoms with Gasteiger partial charge in [0.15, 0.2) is 0 Å². The Morgan fingerprint density at radius 3 is 2.27 bits per heavy atom. The number of aliphatic hydroxyl groups is 3. The third-order valence-corrected chi connectivity index (χ3v) is 13.4. The van der Waals surface area contributed by atoms with Crippen molar-refractivity contribution >= 4 is 0 Å². The summed E-state index contributed by atoms with van der Waals surface area (Å²) < 4.78 is 0. The number of aliphatic hydroxyl groups excluding tert-OH is 3. The van der Waals surface area contributed by atoms with E-state index in [2.05, 4.69) is 54.5 Å². The lowest BCUT2D eigenvalue weighted by Crippen LogP contribution is -2.67. The van der Waals surface area contributed by atoms with Gasteiger partial charge in [0.1, 0.15) is 0 Å². The molecule has 0 bridgehead atoms. The van der Waals surface area contributed by atoms with Gasteiger partial charge >= 0.3 is 0 Å². The zero-order valence-corrected chi connectivity index (χ0v) is 22.3. The molecule has 5 rings (SSSR count). The van der Waals surface area contributed by atoms with E-state index in [9.17, 15) is 15.3 Å². The third kappa shape index (κ3) is 2.85. The first-order chi connectivity index (χ1) is 15.3. The molecule has 0 aromatic rings. The molecule has 188 valence electrons. The van der Waals surface area contributed by atoms with Gasteiger partial charge in [-0.1, -0.05) is 60.1 Å². The predicted molar refractivity (Wildman–Crippen MR) is 133 cm³/mol. The van der Waals surface area contributed by atoms with E-state index in [1.54, 1.807) is 5.57 Å². The van der Waals surface area contributed by atoms with Crippen LogP contribution in [-0.4, -0.2) is 34.1 Å². The fraction of sp³-hybridized carbons (Fsp3) is 0.933. The summed E-state index contributed by atoms with van der Waals surface area (Å²) in [5, 5.41) is 32.6. The van der Waals surface area contributed by atoms with Crippen LogP contribution in [0.15, 0.2) is 11.6 Å². The molecule has 3 nitrogen and oxygen atoms in total. The molecule has 0 aromatic carbocycles. The minimum atomic E-state index is -0.630. The van der Waals surface area contributed by atoms with Crippen LogP contribution in [0.2, 0.25) is 0 Å². The van der Waals surface area contributed by atoms with Crippen molar-refractivity contribution in [1.82, 2.24) is 0 Å². The van der Waals surface area contributed by atoms with E-state index in [1.165, 1.54) is 25.7 Å². The van der Waals surface area contributed by atoms with Crippen molar-refractivity contribution < 1.29 is 15.3 Å². The second kappa shape index (κ2) is 7.32. The summed E-state index contributed by atoms with van der Waals surface area (Å²) in [6.07, 6.45) is 10.3. The molecule has 4 fully saturated rings. The standard InChI is InChI=1S/C30H50O3/c1-18-10-13-30(17-31)15-14-28(6)20(24(30)19(18)2)8-9-23-27(5)16-21(32)25(33)26(3,4)22(27)11-12-29(23,28)7/h8,18-19,21-25,31-33H,9-17H2,1-7H3/t18-,19+,21-,22?,23-,24+,25+,27+,28-,29-,30-/m1/s1. The molecule has 0 spiro atoms. The van der Waals surface area contributed by atoms with E-state index in [0.717, 1.165) is 25.7 Å². The Balaban J connectivity index is 1.60. The highest BCUT2D eigenvalue weighted by molar-refractivity contribution is 5.34. The molecule has 0 amide bonds. The van der Waals surface area contributed by atoms with Gasteiger partial charge < -0.3 is 15.3 Å². The lowest BCUT2D eigenvalue weighted by molar-refractivity contribution is -0.232. The Morgan fingerprint density at radius 1 is 0.909 bits per heavy atom. The van der Waals surface area contributed by atoms with Crippen molar-refractivity contribution in [2.24, 2.45) is 56.7 Å². The second-order valence-electron chi connectivity index (χ2n) is 14.7.